The number of anilines is 1. The molecule has 0 atom stereocenters. The summed E-state index contributed by atoms with van der Waals surface area (Å²) in [6, 6.07) is 19.0. The average molecular weight is 265 g/mol. The van der Waals surface area contributed by atoms with Crippen LogP contribution in [0.1, 0.15) is 26.7 Å². The Balaban J connectivity index is 2.07. The second-order valence-electron chi connectivity index (χ2n) is 5.03. The van der Waals surface area contributed by atoms with Crippen molar-refractivity contribution < 1.29 is 0 Å². The first kappa shape index (κ1) is 14.4. The highest BCUT2D eigenvalue weighted by Gasteiger charge is 1.98. The van der Waals surface area contributed by atoms with Crippen molar-refractivity contribution in [2.24, 2.45) is 5.92 Å². The van der Waals surface area contributed by atoms with Crippen molar-refractivity contribution in [2.75, 3.05) is 5.32 Å². The topological polar surface area (TPSA) is 12.0 Å². The van der Waals surface area contributed by atoms with Gasteiger partial charge in [-0.15, -0.1) is 0 Å². The molecule has 0 aromatic heterocycles. The van der Waals surface area contributed by atoms with Gasteiger partial charge >= 0.3 is 0 Å². The van der Waals surface area contributed by atoms with E-state index in [0.29, 0.717) is 5.92 Å². The molecule has 0 aliphatic carbocycles. The van der Waals surface area contributed by atoms with Gasteiger partial charge in [0.15, 0.2) is 0 Å². The van der Waals surface area contributed by atoms with Crippen LogP contribution in [0.5, 0.6) is 0 Å². The van der Waals surface area contributed by atoms with E-state index in [-0.39, 0.29) is 0 Å². The van der Waals surface area contributed by atoms with Gasteiger partial charge in [-0.25, -0.2) is 0 Å². The van der Waals surface area contributed by atoms with Gasteiger partial charge in [-0.05, 0) is 48.2 Å². The van der Waals surface area contributed by atoms with Crippen LogP contribution in [0.4, 0.5) is 5.69 Å². The molecule has 104 valence electrons. The van der Waals surface area contributed by atoms with Gasteiger partial charge in [0.2, 0.25) is 0 Å². The first-order chi connectivity index (χ1) is 9.83. The molecule has 1 N–H and O–H groups in total. The standard InChI is InChI=1S/C19H23N/c1-3-16(4-2)13-14-20-19-12-8-11-18(15-19)17-9-6-5-7-10-17/h5-16,20H,3-4H2,1-2H3/b14-13-. The van der Waals surface area contributed by atoms with E-state index in [9.17, 15) is 0 Å². The molecule has 0 aliphatic rings. The van der Waals surface area contributed by atoms with Gasteiger partial charge in [0, 0.05) is 5.69 Å². The maximum Gasteiger partial charge on any atom is 0.0385 e. The highest BCUT2D eigenvalue weighted by molar-refractivity contribution is 5.68. The molecular weight excluding hydrogens is 242 g/mol. The SMILES string of the molecule is CCC(/C=C\Nc1cccc(-c2ccccc2)c1)CC. The molecule has 1 nitrogen and oxygen atoms in total. The zero-order valence-electron chi connectivity index (χ0n) is 12.3. The summed E-state index contributed by atoms with van der Waals surface area (Å²) in [5, 5.41) is 3.37. The Labute approximate surface area is 122 Å². The predicted molar refractivity (Wildman–Crippen MR) is 88.7 cm³/mol. The molecule has 0 aliphatic heterocycles. The van der Waals surface area contributed by atoms with Crippen LogP contribution >= 0.6 is 0 Å². The van der Waals surface area contributed by atoms with Gasteiger partial charge in [0.1, 0.15) is 0 Å². The zero-order chi connectivity index (χ0) is 14.2. The molecule has 1 heteroatoms. The van der Waals surface area contributed by atoms with Gasteiger partial charge in [-0.1, -0.05) is 62.4 Å². The number of hydrogen-bond acceptors (Lipinski definition) is 1. The fourth-order valence-corrected chi connectivity index (χ4v) is 2.26. The van der Waals surface area contributed by atoms with Gasteiger partial charge in [0.05, 0.1) is 0 Å². The van der Waals surface area contributed by atoms with Gasteiger partial charge < -0.3 is 5.32 Å². The fourth-order valence-electron chi connectivity index (χ4n) is 2.26. The lowest BCUT2D eigenvalue weighted by Gasteiger charge is -2.07. The van der Waals surface area contributed by atoms with Crippen LogP contribution in [-0.4, -0.2) is 0 Å². The average Bonchev–Trinajstić information content (AvgIpc) is 2.53. The minimum Gasteiger partial charge on any atom is -0.362 e. The summed E-state index contributed by atoms with van der Waals surface area (Å²) in [4.78, 5) is 0. The zero-order valence-corrected chi connectivity index (χ0v) is 12.3. The Morgan fingerprint density at radius 2 is 1.60 bits per heavy atom. The molecule has 0 fully saturated rings. The summed E-state index contributed by atoms with van der Waals surface area (Å²) in [6.07, 6.45) is 6.72. The Morgan fingerprint density at radius 3 is 2.30 bits per heavy atom. The Morgan fingerprint density at radius 1 is 0.900 bits per heavy atom. The lowest BCUT2D eigenvalue weighted by molar-refractivity contribution is 0.606. The minimum absolute atomic E-state index is 0.666. The predicted octanol–water partition coefficient (Wildman–Crippen LogP) is 5.72. The third kappa shape index (κ3) is 3.99. The second-order valence-corrected chi connectivity index (χ2v) is 5.03. The van der Waals surface area contributed by atoms with E-state index in [4.69, 9.17) is 0 Å². The van der Waals surface area contributed by atoms with Gasteiger partial charge in [-0.3, -0.25) is 0 Å². The molecule has 0 saturated carbocycles. The maximum atomic E-state index is 3.37. The number of hydrogen-bond donors (Lipinski definition) is 1. The van der Waals surface area contributed by atoms with Crippen molar-refractivity contribution >= 4 is 5.69 Å². The van der Waals surface area contributed by atoms with Crippen LogP contribution < -0.4 is 5.32 Å². The quantitative estimate of drug-likeness (QED) is 0.704. The number of allylic oxidation sites excluding steroid dienone is 1. The highest BCUT2D eigenvalue weighted by atomic mass is 14.8. The third-order valence-corrected chi connectivity index (χ3v) is 3.64. The third-order valence-electron chi connectivity index (χ3n) is 3.64. The van der Waals surface area contributed by atoms with E-state index in [0.717, 1.165) is 5.69 Å². The summed E-state index contributed by atoms with van der Waals surface area (Å²) in [5.74, 6) is 0.666. The Kier molecular flexibility index (Phi) is 5.43. The largest absolute Gasteiger partial charge is 0.362 e. The van der Waals surface area contributed by atoms with Crippen molar-refractivity contribution in [3.05, 3.63) is 66.9 Å². The van der Waals surface area contributed by atoms with Gasteiger partial charge in [0.25, 0.3) is 0 Å². The molecule has 2 aromatic carbocycles. The molecule has 0 radical (unpaired) electrons. The Hall–Kier alpha value is -2.02. The molecule has 0 bridgehead atoms. The molecule has 2 rings (SSSR count). The molecule has 2 aromatic rings. The summed E-state index contributed by atoms with van der Waals surface area (Å²) in [5.41, 5.74) is 3.63. The Bertz CT molecular complexity index is 539. The molecule has 0 saturated heterocycles. The van der Waals surface area contributed by atoms with E-state index < -0.39 is 0 Å². The minimum atomic E-state index is 0.666. The van der Waals surface area contributed by atoms with E-state index in [2.05, 4.69) is 80.0 Å². The van der Waals surface area contributed by atoms with Crippen molar-refractivity contribution in [1.82, 2.24) is 0 Å². The van der Waals surface area contributed by atoms with Crippen molar-refractivity contribution in [3.8, 4) is 11.1 Å². The van der Waals surface area contributed by atoms with Crippen molar-refractivity contribution in [3.63, 3.8) is 0 Å². The number of rotatable bonds is 6. The summed E-state index contributed by atoms with van der Waals surface area (Å²) in [6.45, 7) is 4.46. The van der Waals surface area contributed by atoms with Gasteiger partial charge in [-0.2, -0.15) is 0 Å². The van der Waals surface area contributed by atoms with E-state index in [1.54, 1.807) is 0 Å². The van der Waals surface area contributed by atoms with Crippen LogP contribution in [0.2, 0.25) is 0 Å². The molecular formula is C19H23N. The first-order valence-corrected chi connectivity index (χ1v) is 7.42. The molecule has 20 heavy (non-hydrogen) atoms. The van der Waals surface area contributed by atoms with Crippen LogP contribution in [0, 0.1) is 5.92 Å². The molecule has 0 amide bonds. The molecule has 0 unspecified atom stereocenters. The highest BCUT2D eigenvalue weighted by Crippen LogP contribution is 2.22. The van der Waals surface area contributed by atoms with E-state index in [1.165, 1.54) is 24.0 Å². The van der Waals surface area contributed by atoms with E-state index >= 15 is 0 Å². The summed E-state index contributed by atoms with van der Waals surface area (Å²) >= 11 is 0. The summed E-state index contributed by atoms with van der Waals surface area (Å²) in [7, 11) is 0. The number of nitrogens with one attached hydrogen (secondary N) is 1. The molecule has 0 heterocycles. The second kappa shape index (κ2) is 7.54. The maximum absolute atomic E-state index is 3.37. The fraction of sp³-hybridized carbons (Fsp3) is 0.263. The van der Waals surface area contributed by atoms with Crippen molar-refractivity contribution in [1.29, 1.82) is 0 Å². The van der Waals surface area contributed by atoms with Crippen LogP contribution in [-0.2, 0) is 0 Å². The summed E-state index contributed by atoms with van der Waals surface area (Å²) < 4.78 is 0. The lowest BCUT2D eigenvalue weighted by atomic mass is 10.0. The smallest absolute Gasteiger partial charge is 0.0385 e. The normalized spacial score (nSPS) is 11.2. The van der Waals surface area contributed by atoms with E-state index in [1.807, 2.05) is 6.07 Å². The van der Waals surface area contributed by atoms with Crippen LogP contribution in [0.3, 0.4) is 0 Å². The molecule has 0 spiro atoms. The van der Waals surface area contributed by atoms with Crippen LogP contribution in [0.15, 0.2) is 66.9 Å². The monoisotopic (exact) mass is 265 g/mol. The van der Waals surface area contributed by atoms with Crippen molar-refractivity contribution in [2.45, 2.75) is 26.7 Å². The first-order valence-electron chi connectivity index (χ1n) is 7.42. The van der Waals surface area contributed by atoms with Crippen LogP contribution in [0.25, 0.3) is 11.1 Å². The lowest BCUT2D eigenvalue weighted by Crippen LogP contribution is -1.94. The number of benzene rings is 2.